The lowest BCUT2D eigenvalue weighted by molar-refractivity contribution is 1.07. The quantitative estimate of drug-likeness (QED) is 0.135. The molecule has 0 saturated carbocycles. The Morgan fingerprint density at radius 1 is 0.471 bits per heavy atom. The second-order valence-corrected chi connectivity index (χ2v) is 12.9. The van der Waals surface area contributed by atoms with Gasteiger partial charge in [-0.25, -0.2) is 9.98 Å². The molecule has 0 unspecified atom stereocenters. The molecule has 0 bridgehead atoms. The lowest BCUT2D eigenvalue weighted by atomic mass is 9.98. The van der Waals surface area contributed by atoms with Gasteiger partial charge in [0.1, 0.15) is 5.82 Å². The molecule has 0 atom stereocenters. The Morgan fingerprint density at radius 2 is 0.980 bits per heavy atom. The van der Waals surface area contributed by atoms with Crippen molar-refractivity contribution < 1.29 is 0 Å². The minimum absolute atomic E-state index is 0.779. The molecule has 0 N–H and O–H groups in total. The van der Waals surface area contributed by atoms with E-state index >= 15 is 0 Å². The SMILES string of the molecule is C=Nc1c(N=C(C)c2cccc(-n3c4ccccc4c4c5c6ccccc6n(-c6ccccc6)c5ccc43)n2)c2ccccc2c2ccccc12. The second kappa shape index (κ2) is 11.4. The number of para-hydroxylation sites is 3. The van der Waals surface area contributed by atoms with Gasteiger partial charge in [-0.1, -0.05) is 109 Å². The second-order valence-electron chi connectivity index (χ2n) is 12.9. The fraction of sp³-hybridized carbons (Fsp3) is 0.0217. The van der Waals surface area contributed by atoms with Crippen molar-refractivity contribution in [3.8, 4) is 11.5 Å². The van der Waals surface area contributed by atoms with Crippen molar-refractivity contribution in [2.75, 3.05) is 0 Å². The lowest BCUT2D eigenvalue weighted by Gasteiger charge is -2.13. The number of hydrogen-bond donors (Lipinski definition) is 0. The van der Waals surface area contributed by atoms with Gasteiger partial charge in [-0.05, 0) is 72.9 Å². The van der Waals surface area contributed by atoms with Gasteiger partial charge in [-0.15, -0.1) is 0 Å². The molecule has 10 aromatic rings. The predicted octanol–water partition coefficient (Wildman–Crippen LogP) is 12.1. The lowest BCUT2D eigenvalue weighted by Crippen LogP contribution is -2.04. The number of rotatable bonds is 5. The van der Waals surface area contributed by atoms with Gasteiger partial charge in [0.15, 0.2) is 0 Å². The zero-order chi connectivity index (χ0) is 34.1. The van der Waals surface area contributed by atoms with Crippen LogP contribution in [0.1, 0.15) is 12.6 Å². The minimum Gasteiger partial charge on any atom is -0.309 e. The zero-order valence-corrected chi connectivity index (χ0v) is 28.0. The monoisotopic (exact) mass is 653 g/mol. The Bertz CT molecular complexity index is 3050. The Labute approximate surface area is 294 Å². The largest absolute Gasteiger partial charge is 0.309 e. The Balaban J connectivity index is 1.21. The maximum atomic E-state index is 5.29. The van der Waals surface area contributed by atoms with Crippen molar-refractivity contribution in [2.45, 2.75) is 6.92 Å². The molecule has 0 saturated heterocycles. The summed E-state index contributed by atoms with van der Waals surface area (Å²) in [5, 5.41) is 9.22. The molecule has 0 amide bonds. The number of hydrogen-bond acceptors (Lipinski definition) is 3. The van der Waals surface area contributed by atoms with Crippen LogP contribution in [-0.2, 0) is 0 Å². The van der Waals surface area contributed by atoms with Crippen molar-refractivity contribution in [1.29, 1.82) is 0 Å². The molecule has 3 heterocycles. The standard InChI is InChI=1S/C46H31N5/c1-29(48-46-34-20-9-7-18-32(34)31-17-6-8-19-33(31)45(46)47-2)37-23-14-26-42(49-37)51-39-25-13-11-22-36(39)44-41(51)28-27-40-43(44)35-21-10-12-24-38(35)50(40)30-15-4-3-5-16-30/h3-28H,2H2,1H3. The van der Waals surface area contributed by atoms with E-state index in [0.717, 1.165) is 66.9 Å². The van der Waals surface area contributed by atoms with Crippen molar-refractivity contribution in [3.63, 3.8) is 0 Å². The fourth-order valence-corrected chi connectivity index (χ4v) is 7.97. The van der Waals surface area contributed by atoms with E-state index in [-0.39, 0.29) is 0 Å². The van der Waals surface area contributed by atoms with Gasteiger partial charge in [0.2, 0.25) is 0 Å². The summed E-state index contributed by atoms with van der Waals surface area (Å²) in [6, 6.07) is 55.4. The van der Waals surface area contributed by atoms with Crippen LogP contribution in [0, 0.1) is 0 Å². The summed E-state index contributed by atoms with van der Waals surface area (Å²) in [6.45, 7) is 5.98. The normalized spacial score (nSPS) is 12.2. The van der Waals surface area contributed by atoms with E-state index in [1.807, 2.05) is 25.1 Å². The highest BCUT2D eigenvalue weighted by atomic mass is 15.1. The number of fused-ring (bicyclic) bond motifs is 10. The molecule has 0 fully saturated rings. The van der Waals surface area contributed by atoms with E-state index in [2.05, 4.69) is 160 Å². The molecule has 5 nitrogen and oxygen atoms in total. The van der Waals surface area contributed by atoms with Gasteiger partial charge >= 0.3 is 0 Å². The van der Waals surface area contributed by atoms with Gasteiger partial charge in [-0.2, -0.15) is 0 Å². The summed E-state index contributed by atoms with van der Waals surface area (Å²) >= 11 is 0. The van der Waals surface area contributed by atoms with E-state index in [9.17, 15) is 0 Å². The van der Waals surface area contributed by atoms with Crippen molar-refractivity contribution in [2.24, 2.45) is 9.98 Å². The fourth-order valence-electron chi connectivity index (χ4n) is 7.97. The molecule has 0 aliphatic carbocycles. The van der Waals surface area contributed by atoms with Gasteiger partial charge in [-0.3, -0.25) is 9.56 Å². The third kappa shape index (κ3) is 4.31. The van der Waals surface area contributed by atoms with E-state index < -0.39 is 0 Å². The van der Waals surface area contributed by atoms with E-state index in [0.29, 0.717) is 0 Å². The summed E-state index contributed by atoms with van der Waals surface area (Å²) in [7, 11) is 0. The summed E-state index contributed by atoms with van der Waals surface area (Å²) in [5.74, 6) is 0.838. The number of nitrogens with zero attached hydrogens (tertiary/aromatic N) is 5. The predicted molar refractivity (Wildman–Crippen MR) is 215 cm³/mol. The zero-order valence-electron chi connectivity index (χ0n) is 28.0. The molecule has 10 rings (SSSR count). The van der Waals surface area contributed by atoms with Crippen molar-refractivity contribution >= 4 is 89.0 Å². The van der Waals surface area contributed by atoms with Gasteiger partial charge < -0.3 is 4.57 Å². The van der Waals surface area contributed by atoms with Crippen LogP contribution < -0.4 is 0 Å². The molecule has 0 spiro atoms. The van der Waals surface area contributed by atoms with Crippen molar-refractivity contribution in [1.82, 2.24) is 14.1 Å². The molecular weight excluding hydrogens is 623 g/mol. The first-order valence-electron chi connectivity index (χ1n) is 17.2. The number of pyridine rings is 1. The molecule has 5 heteroatoms. The topological polar surface area (TPSA) is 47.5 Å². The van der Waals surface area contributed by atoms with Gasteiger partial charge in [0.05, 0.1) is 44.8 Å². The number of aliphatic imine (C=N–C) groups is 2. The van der Waals surface area contributed by atoms with Crippen molar-refractivity contribution in [3.05, 3.63) is 163 Å². The van der Waals surface area contributed by atoms with Crippen LogP contribution in [0.4, 0.5) is 11.4 Å². The molecule has 3 aromatic heterocycles. The van der Waals surface area contributed by atoms with Crippen LogP contribution in [0.25, 0.3) is 76.7 Å². The average molecular weight is 654 g/mol. The van der Waals surface area contributed by atoms with Crippen LogP contribution in [0.2, 0.25) is 0 Å². The smallest absolute Gasteiger partial charge is 0.138 e. The van der Waals surface area contributed by atoms with Crippen LogP contribution >= 0.6 is 0 Å². The Morgan fingerprint density at radius 3 is 1.61 bits per heavy atom. The average Bonchev–Trinajstić information content (AvgIpc) is 3.71. The maximum Gasteiger partial charge on any atom is 0.138 e. The molecule has 0 aliphatic rings. The highest BCUT2D eigenvalue weighted by molar-refractivity contribution is 6.29. The molecule has 51 heavy (non-hydrogen) atoms. The number of aromatic nitrogens is 3. The van der Waals surface area contributed by atoms with Gasteiger partial charge in [0, 0.05) is 38.0 Å². The Kier molecular flexibility index (Phi) is 6.48. The maximum absolute atomic E-state index is 5.29. The molecule has 7 aromatic carbocycles. The highest BCUT2D eigenvalue weighted by Gasteiger charge is 2.21. The van der Waals surface area contributed by atoms with Gasteiger partial charge in [0.25, 0.3) is 0 Å². The first-order chi connectivity index (χ1) is 25.2. The molecule has 0 aliphatic heterocycles. The third-order valence-electron chi connectivity index (χ3n) is 10.1. The Hall–Kier alpha value is -6.85. The van der Waals surface area contributed by atoms with E-state index in [1.54, 1.807) is 0 Å². The summed E-state index contributed by atoms with van der Waals surface area (Å²) in [6.07, 6.45) is 0. The minimum atomic E-state index is 0.779. The van der Waals surface area contributed by atoms with Crippen LogP contribution in [-0.4, -0.2) is 26.5 Å². The summed E-state index contributed by atoms with van der Waals surface area (Å²) in [4.78, 5) is 15.0. The third-order valence-corrected chi connectivity index (χ3v) is 10.1. The van der Waals surface area contributed by atoms with Crippen LogP contribution in [0.15, 0.2) is 168 Å². The van der Waals surface area contributed by atoms with Crippen LogP contribution in [0.5, 0.6) is 0 Å². The molecule has 0 radical (unpaired) electrons. The molecule has 240 valence electrons. The summed E-state index contributed by atoms with van der Waals surface area (Å²) < 4.78 is 4.66. The summed E-state index contributed by atoms with van der Waals surface area (Å²) in [5.41, 5.74) is 8.90. The first-order valence-corrected chi connectivity index (χ1v) is 17.2. The van der Waals surface area contributed by atoms with E-state index in [4.69, 9.17) is 9.98 Å². The molecular formula is C46H31N5. The first kappa shape index (κ1) is 29.1. The van der Waals surface area contributed by atoms with E-state index in [1.165, 1.54) is 32.6 Å². The number of benzene rings is 7. The van der Waals surface area contributed by atoms with Crippen LogP contribution in [0.3, 0.4) is 0 Å². The highest BCUT2D eigenvalue weighted by Crippen LogP contribution is 2.44.